The number of aliphatic hydroxyl groups is 1. The number of anilines is 1. The number of aryl methyl sites for hydroxylation is 1. The van der Waals surface area contributed by atoms with Gasteiger partial charge in [0.2, 0.25) is 0 Å². The summed E-state index contributed by atoms with van der Waals surface area (Å²) >= 11 is 0. The predicted molar refractivity (Wildman–Crippen MR) is 83.8 cm³/mol. The van der Waals surface area contributed by atoms with E-state index in [-0.39, 0.29) is 25.0 Å². The highest BCUT2D eigenvalue weighted by atomic mass is 16.3. The van der Waals surface area contributed by atoms with Crippen LogP contribution in [0.25, 0.3) is 0 Å². The number of hydrogen-bond donors (Lipinski definition) is 3. The van der Waals surface area contributed by atoms with Crippen LogP contribution in [0.3, 0.4) is 0 Å². The first-order chi connectivity index (χ1) is 10.6. The third-order valence-electron chi connectivity index (χ3n) is 3.02. The van der Waals surface area contributed by atoms with Crippen LogP contribution in [0.5, 0.6) is 0 Å². The van der Waals surface area contributed by atoms with Crippen LogP contribution in [0.2, 0.25) is 0 Å². The maximum Gasteiger partial charge on any atom is 0.255 e. The first kappa shape index (κ1) is 15.7. The molecule has 0 aliphatic rings. The fourth-order valence-electron chi connectivity index (χ4n) is 1.86. The number of carbonyl (C=O) groups excluding carboxylic acids is 2. The summed E-state index contributed by atoms with van der Waals surface area (Å²) in [4.78, 5) is 23.9. The van der Waals surface area contributed by atoms with Gasteiger partial charge in [0.15, 0.2) is 0 Å². The maximum atomic E-state index is 12.1. The highest BCUT2D eigenvalue weighted by molar-refractivity contribution is 6.05. The van der Waals surface area contributed by atoms with Crippen LogP contribution >= 0.6 is 0 Å². The van der Waals surface area contributed by atoms with E-state index >= 15 is 0 Å². The smallest absolute Gasteiger partial charge is 0.255 e. The van der Waals surface area contributed by atoms with E-state index in [0.717, 1.165) is 5.56 Å². The third-order valence-corrected chi connectivity index (χ3v) is 3.02. The molecule has 113 valence electrons. The minimum Gasteiger partial charge on any atom is -0.395 e. The topological polar surface area (TPSA) is 78.4 Å². The van der Waals surface area contributed by atoms with E-state index < -0.39 is 0 Å². The van der Waals surface area contributed by atoms with Gasteiger partial charge in [-0.15, -0.1) is 0 Å². The SMILES string of the molecule is Cc1ccc(C(=O)Nc2c[c]cc(C(=O)NCCO)c2)cc1. The van der Waals surface area contributed by atoms with Crippen LogP contribution in [0, 0.1) is 13.0 Å². The summed E-state index contributed by atoms with van der Waals surface area (Å²) in [7, 11) is 0. The largest absolute Gasteiger partial charge is 0.395 e. The van der Waals surface area contributed by atoms with Gasteiger partial charge in [-0.1, -0.05) is 17.7 Å². The molecule has 2 rings (SSSR count). The van der Waals surface area contributed by atoms with E-state index in [1.807, 2.05) is 19.1 Å². The minimum absolute atomic E-state index is 0.126. The Morgan fingerprint density at radius 2 is 1.82 bits per heavy atom. The van der Waals surface area contributed by atoms with Crippen molar-refractivity contribution in [3.63, 3.8) is 0 Å². The fourth-order valence-corrected chi connectivity index (χ4v) is 1.86. The van der Waals surface area contributed by atoms with Crippen molar-refractivity contribution in [2.45, 2.75) is 6.92 Å². The maximum absolute atomic E-state index is 12.1. The molecule has 1 radical (unpaired) electrons. The molecule has 0 saturated heterocycles. The zero-order valence-corrected chi connectivity index (χ0v) is 12.2. The normalized spacial score (nSPS) is 10.1. The number of hydrogen-bond acceptors (Lipinski definition) is 3. The van der Waals surface area contributed by atoms with E-state index in [2.05, 4.69) is 16.7 Å². The zero-order chi connectivity index (χ0) is 15.9. The summed E-state index contributed by atoms with van der Waals surface area (Å²) in [5.41, 5.74) is 2.48. The molecule has 0 unspecified atom stereocenters. The van der Waals surface area contributed by atoms with Crippen LogP contribution in [0.4, 0.5) is 5.69 Å². The average Bonchev–Trinajstić information content (AvgIpc) is 2.53. The summed E-state index contributed by atoms with van der Waals surface area (Å²) in [5.74, 6) is -0.571. The quantitative estimate of drug-likeness (QED) is 0.787. The molecule has 0 fully saturated rings. The zero-order valence-electron chi connectivity index (χ0n) is 12.2. The van der Waals surface area contributed by atoms with Gasteiger partial charge in [-0.05, 0) is 43.3 Å². The summed E-state index contributed by atoms with van der Waals surface area (Å²) in [6.07, 6.45) is 0. The number of benzene rings is 2. The third kappa shape index (κ3) is 4.17. The Labute approximate surface area is 129 Å². The van der Waals surface area contributed by atoms with Gasteiger partial charge in [0.25, 0.3) is 11.8 Å². The molecule has 0 aliphatic heterocycles. The second kappa shape index (κ2) is 7.38. The molecule has 0 bridgehead atoms. The van der Waals surface area contributed by atoms with Crippen molar-refractivity contribution in [3.8, 4) is 0 Å². The highest BCUT2D eigenvalue weighted by Crippen LogP contribution is 2.12. The van der Waals surface area contributed by atoms with E-state index in [0.29, 0.717) is 16.8 Å². The molecule has 0 aromatic heterocycles. The van der Waals surface area contributed by atoms with Crippen molar-refractivity contribution in [2.75, 3.05) is 18.5 Å². The second-order valence-electron chi connectivity index (χ2n) is 4.81. The molecule has 5 heteroatoms. The van der Waals surface area contributed by atoms with Gasteiger partial charge in [-0.2, -0.15) is 0 Å². The molecule has 0 spiro atoms. The molecule has 0 heterocycles. The van der Waals surface area contributed by atoms with Gasteiger partial charge in [0, 0.05) is 23.4 Å². The molecule has 0 aliphatic carbocycles. The Morgan fingerprint density at radius 1 is 1.09 bits per heavy atom. The van der Waals surface area contributed by atoms with Crippen LogP contribution in [0.1, 0.15) is 26.3 Å². The molecule has 2 aromatic rings. The summed E-state index contributed by atoms with van der Waals surface area (Å²) < 4.78 is 0. The molecule has 22 heavy (non-hydrogen) atoms. The lowest BCUT2D eigenvalue weighted by molar-refractivity contribution is 0.0943. The van der Waals surface area contributed by atoms with Crippen LogP contribution in [0.15, 0.2) is 42.5 Å². The Morgan fingerprint density at radius 3 is 2.50 bits per heavy atom. The molecule has 5 nitrogen and oxygen atoms in total. The molecular formula is C17H17N2O3. The summed E-state index contributed by atoms with van der Waals surface area (Å²) in [6.45, 7) is 2.00. The van der Waals surface area contributed by atoms with Gasteiger partial charge >= 0.3 is 0 Å². The molecule has 0 atom stereocenters. The highest BCUT2D eigenvalue weighted by Gasteiger charge is 2.09. The van der Waals surface area contributed by atoms with Crippen molar-refractivity contribution in [2.24, 2.45) is 0 Å². The van der Waals surface area contributed by atoms with E-state index in [1.165, 1.54) is 6.07 Å². The van der Waals surface area contributed by atoms with Gasteiger partial charge < -0.3 is 15.7 Å². The Bertz CT molecular complexity index is 666. The van der Waals surface area contributed by atoms with Crippen molar-refractivity contribution in [3.05, 3.63) is 65.2 Å². The van der Waals surface area contributed by atoms with Crippen molar-refractivity contribution < 1.29 is 14.7 Å². The van der Waals surface area contributed by atoms with E-state index in [4.69, 9.17) is 5.11 Å². The first-order valence-corrected chi connectivity index (χ1v) is 6.88. The Hall–Kier alpha value is -2.66. The van der Waals surface area contributed by atoms with Crippen molar-refractivity contribution >= 4 is 17.5 Å². The molecular weight excluding hydrogens is 280 g/mol. The van der Waals surface area contributed by atoms with E-state index in [9.17, 15) is 9.59 Å². The molecule has 2 aromatic carbocycles. The summed E-state index contributed by atoms with van der Waals surface area (Å²) in [6, 6.07) is 14.7. The lowest BCUT2D eigenvalue weighted by atomic mass is 10.1. The Balaban J connectivity index is 2.08. The van der Waals surface area contributed by atoms with Gasteiger partial charge in [-0.25, -0.2) is 0 Å². The standard InChI is InChI=1S/C17H17N2O3/c1-12-5-7-13(8-6-12)17(22)19-15-4-2-3-14(11-15)16(21)18-9-10-20/h3-8,11,20H,9-10H2,1H3,(H,18,21)(H,19,22). The number of aliphatic hydroxyl groups excluding tert-OH is 1. The minimum atomic E-state index is -0.322. The lowest BCUT2D eigenvalue weighted by Crippen LogP contribution is -2.26. The van der Waals surface area contributed by atoms with Gasteiger partial charge in [-0.3, -0.25) is 9.59 Å². The molecule has 0 saturated carbocycles. The lowest BCUT2D eigenvalue weighted by Gasteiger charge is -2.08. The second-order valence-corrected chi connectivity index (χ2v) is 4.81. The number of rotatable bonds is 5. The van der Waals surface area contributed by atoms with Crippen LogP contribution in [-0.2, 0) is 0 Å². The number of amides is 2. The number of nitrogens with one attached hydrogen (secondary N) is 2. The van der Waals surface area contributed by atoms with Gasteiger partial charge in [0.05, 0.1) is 6.61 Å². The van der Waals surface area contributed by atoms with E-state index in [1.54, 1.807) is 24.3 Å². The first-order valence-electron chi connectivity index (χ1n) is 6.88. The van der Waals surface area contributed by atoms with Crippen LogP contribution < -0.4 is 10.6 Å². The fraction of sp³-hybridized carbons (Fsp3) is 0.176. The van der Waals surface area contributed by atoms with Crippen LogP contribution in [-0.4, -0.2) is 30.1 Å². The monoisotopic (exact) mass is 297 g/mol. The molecule has 2 amide bonds. The predicted octanol–water partition coefficient (Wildman–Crippen LogP) is 1.77. The van der Waals surface area contributed by atoms with Gasteiger partial charge in [0.1, 0.15) is 0 Å². The molecule has 3 N–H and O–H groups in total. The average molecular weight is 297 g/mol. The summed E-state index contributed by atoms with van der Waals surface area (Å²) in [5, 5.41) is 14.0. The van der Waals surface area contributed by atoms with Crippen molar-refractivity contribution in [1.29, 1.82) is 0 Å². The Kier molecular flexibility index (Phi) is 5.27. The van der Waals surface area contributed by atoms with Crippen molar-refractivity contribution in [1.82, 2.24) is 5.32 Å². The number of carbonyl (C=O) groups is 2.